The Bertz CT molecular complexity index is 194. The number of nitrogens with one attached hydrogen (secondary N) is 1. The Kier molecular flexibility index (Phi) is 5.22. The number of hydrogen-bond acceptors (Lipinski definition) is 3. The summed E-state index contributed by atoms with van der Waals surface area (Å²) in [6.45, 7) is 10.5. The van der Waals surface area contributed by atoms with Crippen LogP contribution >= 0.6 is 0 Å². The van der Waals surface area contributed by atoms with E-state index in [0.29, 0.717) is 0 Å². The zero-order valence-electron chi connectivity index (χ0n) is 11.3. The summed E-state index contributed by atoms with van der Waals surface area (Å²) in [6.07, 6.45) is 2.37. The fraction of sp³-hybridized carbons (Fsp3) is 1.00. The lowest BCUT2D eigenvalue weighted by Crippen LogP contribution is -2.48. The van der Waals surface area contributed by atoms with Gasteiger partial charge in [0.25, 0.3) is 0 Å². The molecule has 3 unspecified atom stereocenters. The molecule has 0 aromatic rings. The average molecular weight is 228 g/mol. The largest absolute Gasteiger partial charge is 0.394 e. The first-order valence-electron chi connectivity index (χ1n) is 6.51. The van der Waals surface area contributed by atoms with E-state index in [2.05, 4.69) is 31.0 Å². The van der Waals surface area contributed by atoms with Crippen molar-refractivity contribution in [3.05, 3.63) is 0 Å². The smallest absolute Gasteiger partial charge is 0.0610 e. The Balaban J connectivity index is 2.36. The maximum absolute atomic E-state index is 9.34. The molecular formula is C13H28N2O. The van der Waals surface area contributed by atoms with E-state index in [0.717, 1.165) is 24.8 Å². The highest BCUT2D eigenvalue weighted by Gasteiger charge is 2.25. The molecule has 0 aromatic heterocycles. The molecule has 96 valence electrons. The van der Waals surface area contributed by atoms with Crippen molar-refractivity contribution in [2.24, 2.45) is 11.8 Å². The summed E-state index contributed by atoms with van der Waals surface area (Å²) in [7, 11) is 1.93. The summed E-state index contributed by atoms with van der Waals surface area (Å²) in [5.41, 5.74) is -0.121. The summed E-state index contributed by atoms with van der Waals surface area (Å²) >= 11 is 0. The number of piperidine rings is 1. The average Bonchev–Trinajstić information content (AvgIpc) is 2.25. The molecule has 3 atom stereocenters. The number of likely N-dealkylation sites (N-methyl/N-ethyl adjacent to an activating group) is 1. The van der Waals surface area contributed by atoms with Crippen molar-refractivity contribution in [1.29, 1.82) is 0 Å². The number of aliphatic hydroxyl groups is 1. The second-order valence-electron chi connectivity index (χ2n) is 5.92. The highest BCUT2D eigenvalue weighted by molar-refractivity contribution is 4.83. The van der Waals surface area contributed by atoms with Crippen LogP contribution < -0.4 is 5.32 Å². The highest BCUT2D eigenvalue weighted by atomic mass is 16.3. The van der Waals surface area contributed by atoms with Crippen molar-refractivity contribution in [1.82, 2.24) is 10.2 Å². The van der Waals surface area contributed by atoms with Gasteiger partial charge in [-0.2, -0.15) is 0 Å². The van der Waals surface area contributed by atoms with Crippen molar-refractivity contribution < 1.29 is 5.11 Å². The van der Waals surface area contributed by atoms with Gasteiger partial charge in [-0.05, 0) is 45.2 Å². The van der Waals surface area contributed by atoms with Crippen LogP contribution in [0.4, 0.5) is 0 Å². The van der Waals surface area contributed by atoms with Crippen molar-refractivity contribution in [3.8, 4) is 0 Å². The van der Waals surface area contributed by atoms with Crippen molar-refractivity contribution in [2.75, 3.05) is 33.3 Å². The van der Waals surface area contributed by atoms with Gasteiger partial charge < -0.3 is 15.3 Å². The van der Waals surface area contributed by atoms with E-state index >= 15 is 0 Å². The minimum absolute atomic E-state index is 0.121. The molecule has 0 radical (unpaired) electrons. The van der Waals surface area contributed by atoms with Crippen LogP contribution in [0.15, 0.2) is 0 Å². The zero-order chi connectivity index (χ0) is 12.2. The third-order valence-corrected chi connectivity index (χ3v) is 3.88. The van der Waals surface area contributed by atoms with E-state index < -0.39 is 0 Å². The van der Waals surface area contributed by atoms with E-state index in [9.17, 15) is 5.11 Å². The second-order valence-corrected chi connectivity index (χ2v) is 5.92. The summed E-state index contributed by atoms with van der Waals surface area (Å²) in [6, 6.07) is 0. The van der Waals surface area contributed by atoms with Crippen LogP contribution in [-0.4, -0.2) is 48.8 Å². The first kappa shape index (κ1) is 13.9. The van der Waals surface area contributed by atoms with Crippen LogP contribution in [0.25, 0.3) is 0 Å². The minimum Gasteiger partial charge on any atom is -0.394 e. The maximum Gasteiger partial charge on any atom is 0.0610 e. The maximum atomic E-state index is 9.34. The molecule has 0 spiro atoms. The zero-order valence-corrected chi connectivity index (χ0v) is 11.3. The van der Waals surface area contributed by atoms with Gasteiger partial charge >= 0.3 is 0 Å². The molecule has 1 heterocycles. The summed E-state index contributed by atoms with van der Waals surface area (Å²) in [5, 5.41) is 12.6. The van der Waals surface area contributed by atoms with E-state index in [-0.39, 0.29) is 12.1 Å². The van der Waals surface area contributed by atoms with Crippen LogP contribution in [0, 0.1) is 11.8 Å². The molecule has 16 heavy (non-hydrogen) atoms. The number of aliphatic hydroxyl groups excluding tert-OH is 1. The molecule has 1 fully saturated rings. The number of rotatable bonds is 5. The lowest BCUT2D eigenvalue weighted by Gasteiger charge is -2.37. The molecule has 0 aromatic carbocycles. The molecule has 0 amide bonds. The quantitative estimate of drug-likeness (QED) is 0.745. The van der Waals surface area contributed by atoms with Gasteiger partial charge in [-0.1, -0.05) is 13.8 Å². The second kappa shape index (κ2) is 5.99. The molecule has 3 nitrogen and oxygen atoms in total. The van der Waals surface area contributed by atoms with Gasteiger partial charge in [-0.25, -0.2) is 0 Å². The number of hydrogen-bond donors (Lipinski definition) is 2. The Morgan fingerprint density at radius 2 is 1.88 bits per heavy atom. The van der Waals surface area contributed by atoms with Gasteiger partial charge in [0, 0.05) is 18.6 Å². The standard InChI is InChI=1S/C13H28N2O/c1-11-7-12(2)9-15(8-11)6-5-13(3,10-16)14-4/h11-12,14,16H,5-10H2,1-4H3. The van der Waals surface area contributed by atoms with Crippen LogP contribution in [0.1, 0.15) is 33.6 Å². The summed E-state index contributed by atoms with van der Waals surface area (Å²) in [4.78, 5) is 2.55. The van der Waals surface area contributed by atoms with Gasteiger partial charge in [-0.15, -0.1) is 0 Å². The third-order valence-electron chi connectivity index (χ3n) is 3.88. The predicted molar refractivity (Wildman–Crippen MR) is 68.6 cm³/mol. The summed E-state index contributed by atoms with van der Waals surface area (Å²) in [5.74, 6) is 1.64. The van der Waals surface area contributed by atoms with Crippen LogP contribution in [-0.2, 0) is 0 Å². The topological polar surface area (TPSA) is 35.5 Å². The molecular weight excluding hydrogens is 200 g/mol. The van der Waals surface area contributed by atoms with E-state index in [1.54, 1.807) is 0 Å². The van der Waals surface area contributed by atoms with E-state index in [4.69, 9.17) is 0 Å². The van der Waals surface area contributed by atoms with E-state index in [1.165, 1.54) is 19.5 Å². The molecule has 0 aliphatic carbocycles. The van der Waals surface area contributed by atoms with Crippen molar-refractivity contribution >= 4 is 0 Å². The van der Waals surface area contributed by atoms with Gasteiger partial charge in [0.2, 0.25) is 0 Å². The fourth-order valence-corrected chi connectivity index (χ4v) is 2.66. The molecule has 1 aliphatic heterocycles. The lowest BCUT2D eigenvalue weighted by atomic mass is 9.91. The van der Waals surface area contributed by atoms with Crippen molar-refractivity contribution in [3.63, 3.8) is 0 Å². The first-order chi connectivity index (χ1) is 7.49. The monoisotopic (exact) mass is 228 g/mol. The Morgan fingerprint density at radius 1 is 1.31 bits per heavy atom. The normalized spacial score (nSPS) is 31.3. The Labute approximate surface area is 100 Å². The highest BCUT2D eigenvalue weighted by Crippen LogP contribution is 2.22. The molecule has 1 rings (SSSR count). The van der Waals surface area contributed by atoms with Gasteiger partial charge in [-0.3, -0.25) is 0 Å². The summed E-state index contributed by atoms with van der Waals surface area (Å²) < 4.78 is 0. The van der Waals surface area contributed by atoms with Crippen molar-refractivity contribution in [2.45, 2.75) is 39.2 Å². The third kappa shape index (κ3) is 4.04. The first-order valence-corrected chi connectivity index (χ1v) is 6.51. The van der Waals surface area contributed by atoms with Crippen LogP contribution in [0.5, 0.6) is 0 Å². The molecule has 0 saturated carbocycles. The SMILES string of the molecule is CNC(C)(CO)CCN1CC(C)CC(C)C1. The fourth-order valence-electron chi connectivity index (χ4n) is 2.66. The van der Waals surface area contributed by atoms with E-state index in [1.807, 2.05) is 7.05 Å². The molecule has 0 bridgehead atoms. The predicted octanol–water partition coefficient (Wildman–Crippen LogP) is 1.32. The lowest BCUT2D eigenvalue weighted by molar-refractivity contribution is 0.110. The van der Waals surface area contributed by atoms with Gasteiger partial charge in [0.1, 0.15) is 0 Å². The van der Waals surface area contributed by atoms with Gasteiger partial charge in [0.05, 0.1) is 6.61 Å². The molecule has 3 heteroatoms. The van der Waals surface area contributed by atoms with Gasteiger partial charge in [0.15, 0.2) is 0 Å². The van der Waals surface area contributed by atoms with Crippen LogP contribution in [0.2, 0.25) is 0 Å². The Morgan fingerprint density at radius 3 is 2.31 bits per heavy atom. The van der Waals surface area contributed by atoms with Crippen LogP contribution in [0.3, 0.4) is 0 Å². The molecule has 1 saturated heterocycles. The minimum atomic E-state index is -0.121. The molecule has 1 aliphatic rings. The Hall–Kier alpha value is -0.120. The molecule has 2 N–H and O–H groups in total. The number of likely N-dealkylation sites (tertiary alicyclic amines) is 1. The number of nitrogens with zero attached hydrogens (tertiary/aromatic N) is 1.